The van der Waals surface area contributed by atoms with Gasteiger partial charge in [0.25, 0.3) is 5.91 Å². The molecule has 4 rings (SSSR count). The SMILES string of the molecule is CC1=C(C(=O)N2CCC(N(C)C)C2)C(c2ccc(Cl)c(Cl)c2)n2nccc2N1. The van der Waals surface area contributed by atoms with Crippen LogP contribution in [0.15, 0.2) is 41.7 Å². The van der Waals surface area contributed by atoms with E-state index in [1.165, 1.54) is 0 Å². The van der Waals surface area contributed by atoms with Crippen molar-refractivity contribution in [2.45, 2.75) is 25.4 Å². The fourth-order valence-corrected chi connectivity index (χ4v) is 4.30. The normalized spacial score (nSPS) is 21.9. The number of aromatic nitrogens is 2. The maximum atomic E-state index is 13.6. The van der Waals surface area contributed by atoms with Gasteiger partial charge >= 0.3 is 0 Å². The largest absolute Gasteiger partial charge is 0.344 e. The quantitative estimate of drug-likeness (QED) is 0.824. The first kappa shape index (κ1) is 19.3. The van der Waals surface area contributed by atoms with E-state index in [2.05, 4.69) is 29.4 Å². The summed E-state index contributed by atoms with van der Waals surface area (Å²) in [7, 11) is 4.11. The molecular weight excluding hydrogens is 397 g/mol. The van der Waals surface area contributed by atoms with Gasteiger partial charge in [-0.3, -0.25) is 4.79 Å². The Labute approximate surface area is 174 Å². The average Bonchev–Trinajstić information content (AvgIpc) is 3.31. The Morgan fingerprint density at radius 3 is 2.71 bits per heavy atom. The Hall–Kier alpha value is -2.02. The van der Waals surface area contributed by atoms with Gasteiger partial charge in [0.15, 0.2) is 0 Å². The van der Waals surface area contributed by atoms with Crippen LogP contribution in [-0.2, 0) is 4.79 Å². The topological polar surface area (TPSA) is 53.4 Å². The molecule has 1 aromatic heterocycles. The number of carbonyl (C=O) groups excluding carboxylic acids is 1. The van der Waals surface area contributed by atoms with E-state index in [1.54, 1.807) is 12.3 Å². The van der Waals surface area contributed by atoms with Crippen LogP contribution in [0.5, 0.6) is 0 Å². The second-order valence-electron chi connectivity index (χ2n) is 7.56. The van der Waals surface area contributed by atoms with Gasteiger partial charge in [-0.1, -0.05) is 29.3 Å². The van der Waals surface area contributed by atoms with E-state index >= 15 is 0 Å². The molecule has 0 radical (unpaired) electrons. The number of fused-ring (bicyclic) bond motifs is 1. The van der Waals surface area contributed by atoms with E-state index in [1.807, 2.05) is 34.7 Å². The summed E-state index contributed by atoms with van der Waals surface area (Å²) in [6, 6.07) is 7.41. The zero-order valence-electron chi connectivity index (χ0n) is 16.1. The predicted molar refractivity (Wildman–Crippen MR) is 112 cm³/mol. The van der Waals surface area contributed by atoms with Gasteiger partial charge in [0.1, 0.15) is 11.9 Å². The van der Waals surface area contributed by atoms with Crippen molar-refractivity contribution in [2.75, 3.05) is 32.5 Å². The van der Waals surface area contributed by atoms with Crippen LogP contribution in [0.3, 0.4) is 0 Å². The highest BCUT2D eigenvalue weighted by Gasteiger charge is 2.37. The molecule has 2 aliphatic heterocycles. The Balaban J connectivity index is 1.75. The van der Waals surface area contributed by atoms with Gasteiger partial charge in [-0.25, -0.2) is 4.68 Å². The number of hydrogen-bond donors (Lipinski definition) is 1. The smallest absolute Gasteiger partial charge is 0.254 e. The number of allylic oxidation sites excluding steroid dienone is 1. The third-order valence-electron chi connectivity index (χ3n) is 5.58. The van der Waals surface area contributed by atoms with Crippen molar-refractivity contribution in [3.63, 3.8) is 0 Å². The molecule has 148 valence electrons. The van der Waals surface area contributed by atoms with Crippen LogP contribution in [0, 0.1) is 0 Å². The number of halogens is 2. The van der Waals surface area contributed by atoms with Crippen molar-refractivity contribution in [3.8, 4) is 0 Å². The number of likely N-dealkylation sites (tertiary alicyclic amines) is 1. The minimum atomic E-state index is -0.355. The zero-order valence-corrected chi connectivity index (χ0v) is 17.6. The molecule has 2 atom stereocenters. The Morgan fingerprint density at radius 1 is 1.25 bits per heavy atom. The van der Waals surface area contributed by atoms with Gasteiger partial charge in [0.2, 0.25) is 0 Å². The number of nitrogens with zero attached hydrogens (tertiary/aromatic N) is 4. The van der Waals surface area contributed by atoms with Crippen LogP contribution in [-0.4, -0.2) is 58.7 Å². The first-order valence-corrected chi connectivity index (χ1v) is 10.0. The van der Waals surface area contributed by atoms with E-state index in [0.717, 1.165) is 36.6 Å². The lowest BCUT2D eigenvalue weighted by Crippen LogP contribution is -2.39. The van der Waals surface area contributed by atoms with Crippen molar-refractivity contribution in [3.05, 3.63) is 57.3 Å². The Morgan fingerprint density at radius 2 is 2.04 bits per heavy atom. The maximum Gasteiger partial charge on any atom is 0.254 e. The lowest BCUT2D eigenvalue weighted by Gasteiger charge is -2.32. The summed E-state index contributed by atoms with van der Waals surface area (Å²) in [6.07, 6.45) is 2.70. The van der Waals surface area contributed by atoms with Crippen LogP contribution in [0.25, 0.3) is 0 Å². The highest BCUT2D eigenvalue weighted by molar-refractivity contribution is 6.42. The van der Waals surface area contributed by atoms with Crippen LogP contribution in [0.1, 0.15) is 24.9 Å². The van der Waals surface area contributed by atoms with Crippen molar-refractivity contribution >= 4 is 34.9 Å². The van der Waals surface area contributed by atoms with E-state index in [9.17, 15) is 4.79 Å². The van der Waals surface area contributed by atoms with Crippen molar-refractivity contribution in [1.29, 1.82) is 0 Å². The average molecular weight is 420 g/mol. The van der Waals surface area contributed by atoms with Gasteiger partial charge in [-0.05, 0) is 45.1 Å². The molecule has 6 nitrogen and oxygen atoms in total. The molecule has 1 aromatic carbocycles. The molecule has 28 heavy (non-hydrogen) atoms. The second kappa shape index (κ2) is 7.43. The van der Waals surface area contributed by atoms with Crippen LogP contribution >= 0.6 is 23.2 Å². The number of carbonyl (C=O) groups is 1. The molecule has 1 N–H and O–H groups in total. The molecule has 2 aromatic rings. The van der Waals surface area contributed by atoms with E-state index in [-0.39, 0.29) is 11.9 Å². The third-order valence-corrected chi connectivity index (χ3v) is 6.32. The summed E-state index contributed by atoms with van der Waals surface area (Å²) in [5.41, 5.74) is 2.41. The van der Waals surface area contributed by atoms with Crippen LogP contribution in [0.2, 0.25) is 10.0 Å². The number of amides is 1. The maximum absolute atomic E-state index is 13.6. The summed E-state index contributed by atoms with van der Waals surface area (Å²) < 4.78 is 1.83. The highest BCUT2D eigenvalue weighted by Crippen LogP contribution is 2.38. The van der Waals surface area contributed by atoms with Crippen molar-refractivity contribution in [1.82, 2.24) is 19.6 Å². The molecule has 0 saturated carbocycles. The fraction of sp³-hybridized carbons (Fsp3) is 0.400. The minimum Gasteiger partial charge on any atom is -0.344 e. The molecule has 1 amide bonds. The number of anilines is 1. The molecule has 1 fully saturated rings. The predicted octanol–water partition coefficient (Wildman–Crippen LogP) is 3.64. The van der Waals surface area contributed by atoms with E-state index in [4.69, 9.17) is 23.2 Å². The highest BCUT2D eigenvalue weighted by atomic mass is 35.5. The molecule has 3 heterocycles. The summed E-state index contributed by atoms with van der Waals surface area (Å²) in [4.78, 5) is 17.7. The Kier molecular flexibility index (Phi) is 5.12. The minimum absolute atomic E-state index is 0.0339. The number of nitrogens with one attached hydrogen (secondary N) is 1. The van der Waals surface area contributed by atoms with Gasteiger partial charge < -0.3 is 15.1 Å². The van der Waals surface area contributed by atoms with Crippen molar-refractivity contribution < 1.29 is 4.79 Å². The number of rotatable bonds is 3. The summed E-state index contributed by atoms with van der Waals surface area (Å²) >= 11 is 12.4. The third kappa shape index (κ3) is 3.30. The zero-order chi connectivity index (χ0) is 20.0. The van der Waals surface area contributed by atoms with Crippen LogP contribution < -0.4 is 5.32 Å². The van der Waals surface area contributed by atoms with E-state index < -0.39 is 0 Å². The van der Waals surface area contributed by atoms with Crippen molar-refractivity contribution in [2.24, 2.45) is 0 Å². The molecule has 0 bridgehead atoms. The molecule has 2 unspecified atom stereocenters. The first-order chi connectivity index (χ1) is 13.4. The van der Waals surface area contributed by atoms with Gasteiger partial charge in [0, 0.05) is 30.9 Å². The molecule has 0 aliphatic carbocycles. The molecule has 8 heteroatoms. The monoisotopic (exact) mass is 419 g/mol. The standard InChI is InChI=1S/C20H23Cl2N5O/c1-12-18(20(28)26-9-7-14(11-26)25(2)3)19(27-17(24-12)6-8-23-27)13-4-5-15(21)16(22)10-13/h4-6,8,10,14,19,24H,7,9,11H2,1-3H3. The number of hydrogen-bond acceptors (Lipinski definition) is 4. The van der Waals surface area contributed by atoms with Gasteiger partial charge in [0.05, 0.1) is 21.8 Å². The molecule has 2 aliphatic rings. The summed E-state index contributed by atoms with van der Waals surface area (Å²) in [5, 5.41) is 8.74. The molecule has 1 saturated heterocycles. The second-order valence-corrected chi connectivity index (χ2v) is 8.37. The summed E-state index contributed by atoms with van der Waals surface area (Å²) in [6.45, 7) is 3.41. The first-order valence-electron chi connectivity index (χ1n) is 9.28. The Bertz CT molecular complexity index is 952. The molecular formula is C20H23Cl2N5O. The van der Waals surface area contributed by atoms with E-state index in [0.29, 0.717) is 21.7 Å². The number of likely N-dealkylation sites (N-methyl/N-ethyl adjacent to an activating group) is 1. The fourth-order valence-electron chi connectivity index (χ4n) is 3.99. The number of benzene rings is 1. The lowest BCUT2D eigenvalue weighted by molar-refractivity contribution is -0.126. The molecule has 0 spiro atoms. The lowest BCUT2D eigenvalue weighted by atomic mass is 9.94. The van der Waals surface area contributed by atoms with Gasteiger partial charge in [-0.2, -0.15) is 5.10 Å². The summed E-state index contributed by atoms with van der Waals surface area (Å²) in [5.74, 6) is 0.879. The van der Waals surface area contributed by atoms with Gasteiger partial charge in [-0.15, -0.1) is 0 Å². The van der Waals surface area contributed by atoms with Crippen LogP contribution in [0.4, 0.5) is 5.82 Å².